The molecule has 0 aliphatic rings. The molecule has 0 spiro atoms. The normalized spacial score (nSPS) is 11.3. The number of anilines is 1. The minimum absolute atomic E-state index is 0.159. The van der Waals surface area contributed by atoms with Crippen LogP contribution in [0.1, 0.15) is 15.9 Å². The smallest absolute Gasteiger partial charge is 0.259 e. The van der Waals surface area contributed by atoms with Crippen LogP contribution in [0.5, 0.6) is 5.75 Å². The highest BCUT2D eigenvalue weighted by Crippen LogP contribution is 2.22. The van der Waals surface area contributed by atoms with Crippen LogP contribution in [0, 0.1) is 0 Å². The van der Waals surface area contributed by atoms with Crippen molar-refractivity contribution in [3.8, 4) is 5.75 Å². The fraction of sp³-hybridized carbons (Fsp3) is 0.136. The molecule has 0 saturated heterocycles. The number of ether oxygens (including phenoxy) is 1. The predicted octanol–water partition coefficient (Wildman–Crippen LogP) is 3.77. The van der Waals surface area contributed by atoms with Crippen LogP contribution < -0.4 is 10.1 Å². The molecular formula is C22H22N2O4S. The molecule has 6 nitrogen and oxygen atoms in total. The number of methoxy groups -OCH3 is 1. The summed E-state index contributed by atoms with van der Waals surface area (Å²) in [5.74, 6) is 0.131. The van der Waals surface area contributed by atoms with Crippen molar-refractivity contribution in [2.24, 2.45) is 0 Å². The number of hydrogen-bond acceptors (Lipinski definition) is 4. The Balaban J connectivity index is 1.73. The summed E-state index contributed by atoms with van der Waals surface area (Å²) in [6, 6.07) is 22.4. The van der Waals surface area contributed by atoms with Gasteiger partial charge >= 0.3 is 0 Å². The van der Waals surface area contributed by atoms with Crippen molar-refractivity contribution in [2.75, 3.05) is 19.5 Å². The van der Waals surface area contributed by atoms with Gasteiger partial charge in [-0.2, -0.15) is 4.31 Å². The highest BCUT2D eigenvalue weighted by atomic mass is 32.2. The number of hydrogen-bond donors (Lipinski definition) is 1. The highest BCUT2D eigenvalue weighted by molar-refractivity contribution is 7.89. The van der Waals surface area contributed by atoms with E-state index < -0.39 is 10.0 Å². The molecule has 29 heavy (non-hydrogen) atoms. The van der Waals surface area contributed by atoms with Gasteiger partial charge in [0.15, 0.2) is 0 Å². The largest absolute Gasteiger partial charge is 0.496 e. The number of para-hydroxylation sites is 1. The van der Waals surface area contributed by atoms with Crippen LogP contribution in [0.2, 0.25) is 0 Å². The molecule has 1 N–H and O–H groups in total. The van der Waals surface area contributed by atoms with Gasteiger partial charge < -0.3 is 10.1 Å². The summed E-state index contributed by atoms with van der Waals surface area (Å²) in [6.07, 6.45) is 0. The van der Waals surface area contributed by atoms with Crippen LogP contribution in [0.15, 0.2) is 83.8 Å². The summed E-state index contributed by atoms with van der Waals surface area (Å²) < 4.78 is 32.1. The van der Waals surface area contributed by atoms with Crippen molar-refractivity contribution in [1.29, 1.82) is 0 Å². The maximum Gasteiger partial charge on any atom is 0.259 e. The zero-order valence-corrected chi connectivity index (χ0v) is 17.0. The SMILES string of the molecule is COc1ccccc1C(=O)Nc1ccc(S(=O)(=O)N(C)Cc2ccccc2)cc1. The van der Waals surface area contributed by atoms with Gasteiger partial charge in [-0.25, -0.2) is 8.42 Å². The van der Waals surface area contributed by atoms with Gasteiger partial charge in [0.25, 0.3) is 5.91 Å². The lowest BCUT2D eigenvalue weighted by atomic mass is 10.2. The van der Waals surface area contributed by atoms with Gasteiger partial charge in [-0.1, -0.05) is 42.5 Å². The van der Waals surface area contributed by atoms with Crippen molar-refractivity contribution in [3.63, 3.8) is 0 Å². The van der Waals surface area contributed by atoms with Crippen molar-refractivity contribution in [1.82, 2.24) is 4.31 Å². The molecule has 0 aliphatic carbocycles. The van der Waals surface area contributed by atoms with E-state index in [-0.39, 0.29) is 17.3 Å². The molecule has 0 fully saturated rings. The van der Waals surface area contributed by atoms with E-state index in [1.165, 1.54) is 23.5 Å². The lowest BCUT2D eigenvalue weighted by Crippen LogP contribution is -2.26. The Morgan fingerprint density at radius 3 is 2.21 bits per heavy atom. The number of nitrogens with zero attached hydrogens (tertiary/aromatic N) is 1. The first kappa shape index (κ1) is 20.6. The molecule has 1 amide bonds. The lowest BCUT2D eigenvalue weighted by Gasteiger charge is -2.17. The Morgan fingerprint density at radius 1 is 0.931 bits per heavy atom. The Bertz CT molecular complexity index is 1080. The second-order valence-corrected chi connectivity index (χ2v) is 8.47. The lowest BCUT2D eigenvalue weighted by molar-refractivity contribution is 0.102. The first-order valence-corrected chi connectivity index (χ1v) is 10.4. The van der Waals surface area contributed by atoms with Gasteiger partial charge in [0.1, 0.15) is 5.75 Å². The monoisotopic (exact) mass is 410 g/mol. The molecule has 3 aromatic rings. The van der Waals surface area contributed by atoms with E-state index in [0.717, 1.165) is 5.56 Å². The van der Waals surface area contributed by atoms with Crippen LogP contribution in [-0.2, 0) is 16.6 Å². The number of sulfonamides is 1. The van der Waals surface area contributed by atoms with E-state index in [2.05, 4.69) is 5.32 Å². The molecule has 7 heteroatoms. The van der Waals surface area contributed by atoms with E-state index in [1.807, 2.05) is 30.3 Å². The van der Waals surface area contributed by atoms with Gasteiger partial charge in [-0.3, -0.25) is 4.79 Å². The number of rotatable bonds is 7. The summed E-state index contributed by atoms with van der Waals surface area (Å²) in [6.45, 7) is 0.273. The van der Waals surface area contributed by atoms with Gasteiger partial charge in [0.05, 0.1) is 17.6 Å². The summed E-state index contributed by atoms with van der Waals surface area (Å²) in [5.41, 5.74) is 1.79. The van der Waals surface area contributed by atoms with E-state index in [1.54, 1.807) is 43.4 Å². The average Bonchev–Trinajstić information content (AvgIpc) is 2.74. The standard InChI is InChI=1S/C22H22N2O4S/c1-24(16-17-8-4-3-5-9-17)29(26,27)19-14-12-18(13-15-19)23-22(25)20-10-6-7-11-21(20)28-2/h3-15H,16H2,1-2H3,(H,23,25). The molecule has 0 heterocycles. The minimum atomic E-state index is -3.64. The average molecular weight is 410 g/mol. The third-order valence-electron chi connectivity index (χ3n) is 4.42. The molecule has 0 atom stereocenters. The summed E-state index contributed by atoms with van der Waals surface area (Å²) >= 11 is 0. The molecule has 0 radical (unpaired) electrons. The molecule has 3 rings (SSSR count). The van der Waals surface area contributed by atoms with Gasteiger partial charge in [0.2, 0.25) is 10.0 Å². The molecule has 0 aromatic heterocycles. The second-order valence-electron chi connectivity index (χ2n) is 6.43. The third kappa shape index (κ3) is 4.82. The van der Waals surface area contributed by atoms with E-state index in [0.29, 0.717) is 17.0 Å². The van der Waals surface area contributed by atoms with Gasteiger partial charge in [0, 0.05) is 19.3 Å². The van der Waals surface area contributed by atoms with Crippen molar-refractivity contribution in [2.45, 2.75) is 11.4 Å². The fourth-order valence-corrected chi connectivity index (χ4v) is 4.01. The number of amides is 1. The zero-order chi connectivity index (χ0) is 20.9. The first-order chi connectivity index (χ1) is 13.9. The quantitative estimate of drug-likeness (QED) is 0.643. The molecule has 150 valence electrons. The third-order valence-corrected chi connectivity index (χ3v) is 6.24. The maximum atomic E-state index is 12.8. The topological polar surface area (TPSA) is 75.7 Å². The predicted molar refractivity (Wildman–Crippen MR) is 112 cm³/mol. The van der Waals surface area contributed by atoms with Crippen LogP contribution in [-0.4, -0.2) is 32.8 Å². The van der Waals surface area contributed by atoms with Crippen molar-refractivity contribution < 1.29 is 17.9 Å². The van der Waals surface area contributed by atoms with E-state index >= 15 is 0 Å². The van der Waals surface area contributed by atoms with Crippen LogP contribution in [0.4, 0.5) is 5.69 Å². The Kier molecular flexibility index (Phi) is 6.31. The van der Waals surface area contributed by atoms with Gasteiger partial charge in [-0.05, 0) is 42.0 Å². The summed E-state index contributed by atoms with van der Waals surface area (Å²) in [4.78, 5) is 12.6. The molecule has 0 aliphatic heterocycles. The Hall–Kier alpha value is -3.16. The van der Waals surface area contributed by atoms with Crippen molar-refractivity contribution >= 4 is 21.6 Å². The summed E-state index contributed by atoms with van der Waals surface area (Å²) in [7, 11) is -0.606. The number of carbonyl (C=O) groups excluding carboxylic acids is 1. The first-order valence-electron chi connectivity index (χ1n) is 8.96. The number of carbonyl (C=O) groups is 1. The van der Waals surface area contributed by atoms with Crippen LogP contribution in [0.25, 0.3) is 0 Å². The van der Waals surface area contributed by atoms with Crippen molar-refractivity contribution in [3.05, 3.63) is 90.0 Å². The minimum Gasteiger partial charge on any atom is -0.496 e. The zero-order valence-electron chi connectivity index (χ0n) is 16.2. The maximum absolute atomic E-state index is 12.8. The highest BCUT2D eigenvalue weighted by Gasteiger charge is 2.21. The Labute approximate surface area is 170 Å². The fourth-order valence-electron chi connectivity index (χ4n) is 2.85. The van der Waals surface area contributed by atoms with Crippen LogP contribution in [0.3, 0.4) is 0 Å². The van der Waals surface area contributed by atoms with E-state index in [4.69, 9.17) is 4.74 Å². The number of nitrogens with one attached hydrogen (secondary N) is 1. The molecular weight excluding hydrogens is 388 g/mol. The van der Waals surface area contributed by atoms with E-state index in [9.17, 15) is 13.2 Å². The Morgan fingerprint density at radius 2 is 1.55 bits per heavy atom. The number of benzene rings is 3. The van der Waals surface area contributed by atoms with Crippen LogP contribution >= 0.6 is 0 Å². The summed E-state index contributed by atoms with van der Waals surface area (Å²) in [5, 5.41) is 2.75. The molecule has 0 saturated carbocycles. The van der Waals surface area contributed by atoms with Gasteiger partial charge in [-0.15, -0.1) is 0 Å². The second kappa shape index (κ2) is 8.89. The molecule has 0 bridgehead atoms. The molecule has 0 unspecified atom stereocenters. The molecule has 3 aromatic carbocycles.